The second-order valence-corrected chi connectivity index (χ2v) is 21.8. The van der Waals surface area contributed by atoms with Crippen LogP contribution in [0.1, 0.15) is 117 Å². The number of piperidine rings is 2. The number of rotatable bonds is 7. The van der Waals surface area contributed by atoms with E-state index in [0.29, 0.717) is 59.1 Å². The number of aliphatic hydroxyl groups excluding tert-OH is 2. The number of aryl methyl sites for hydroxylation is 1. The number of H-pyrrole nitrogens is 1. The van der Waals surface area contributed by atoms with Crippen LogP contribution in [0.25, 0.3) is 22.9 Å². The number of hydrogen-bond donors (Lipinski definition) is 10. The summed E-state index contributed by atoms with van der Waals surface area (Å²) in [6.45, 7) is 0.773. The lowest BCUT2D eigenvalue weighted by molar-refractivity contribution is -0.219. The highest BCUT2D eigenvalue weighted by Crippen LogP contribution is 2.79. The Bertz CT molecular complexity index is 2770. The molecule has 7 aliphatic rings. The van der Waals surface area contributed by atoms with Crippen molar-refractivity contribution in [2.24, 2.45) is 39.9 Å². The number of aromatic hydroxyl groups is 5. The van der Waals surface area contributed by atoms with Crippen molar-refractivity contribution in [3.8, 4) is 28.7 Å². The number of aliphatic hydroxyl groups is 2. The predicted octanol–water partition coefficient (Wildman–Crippen LogP) is 9.01. The molecule has 5 aromatic rings. The van der Waals surface area contributed by atoms with Gasteiger partial charge in [-0.2, -0.15) is 0 Å². The summed E-state index contributed by atoms with van der Waals surface area (Å²) in [6, 6.07) is 18.4. The number of imidazole rings is 1. The van der Waals surface area contributed by atoms with Crippen LogP contribution in [0, 0.1) is 39.9 Å². The average Bonchev–Trinajstić information content (AvgIpc) is 4.11. The quantitative estimate of drug-likeness (QED) is 0.0428. The van der Waals surface area contributed by atoms with Crippen molar-refractivity contribution in [1.29, 1.82) is 0 Å². The zero-order valence-corrected chi connectivity index (χ0v) is 38.0. The molecule has 12 unspecified atom stereocenters. The van der Waals surface area contributed by atoms with Crippen molar-refractivity contribution in [2.45, 2.75) is 120 Å². The minimum absolute atomic E-state index is 0.00848. The Morgan fingerprint density at radius 3 is 2.43 bits per heavy atom. The van der Waals surface area contributed by atoms with Crippen molar-refractivity contribution in [2.75, 3.05) is 6.54 Å². The van der Waals surface area contributed by atoms with Gasteiger partial charge in [0.25, 0.3) is 0 Å². The molecule has 0 radical (unpaired) electrons. The summed E-state index contributed by atoms with van der Waals surface area (Å²) in [4.78, 5) is 8.57. The van der Waals surface area contributed by atoms with Gasteiger partial charge in [-0.3, -0.25) is 5.32 Å². The normalized spacial score (nSPS) is 36.4. The Morgan fingerprint density at radius 2 is 1.63 bits per heavy atom. The first-order valence-corrected chi connectivity index (χ1v) is 25.0. The maximum atomic E-state index is 12.7. The van der Waals surface area contributed by atoms with Crippen LogP contribution in [-0.4, -0.2) is 70.6 Å². The highest BCUT2D eigenvalue weighted by atomic mass is 16.3. The third kappa shape index (κ3) is 6.26. The van der Waals surface area contributed by atoms with E-state index in [9.17, 15) is 35.7 Å². The van der Waals surface area contributed by atoms with Gasteiger partial charge in [0.15, 0.2) is 23.0 Å². The number of aromatic nitrogens is 2. The summed E-state index contributed by atoms with van der Waals surface area (Å²) in [7, 11) is 0. The van der Waals surface area contributed by atoms with Crippen LogP contribution in [0.4, 0.5) is 0 Å². The lowest BCUT2D eigenvalue weighted by atomic mass is 9.31. The number of hydrogen-bond acceptors (Lipinski definition) is 10. The Hall–Kier alpha value is -5.33. The Balaban J connectivity index is 0.919. The predicted molar refractivity (Wildman–Crippen MR) is 257 cm³/mol. The second-order valence-electron chi connectivity index (χ2n) is 21.8. The smallest absolute Gasteiger partial charge is 0.169 e. The fourth-order valence-corrected chi connectivity index (χ4v) is 16.9. The fraction of sp³-hybridized carbons (Fsp3) is 0.482. The van der Waals surface area contributed by atoms with Crippen molar-refractivity contribution in [1.82, 2.24) is 20.6 Å². The van der Waals surface area contributed by atoms with E-state index < -0.39 is 12.3 Å². The number of aromatic amines is 1. The first-order valence-electron chi connectivity index (χ1n) is 25.0. The molecule has 4 aromatic carbocycles. The summed E-state index contributed by atoms with van der Waals surface area (Å²) in [5.74, 6) is 0.0773. The van der Waals surface area contributed by atoms with Gasteiger partial charge in [0.2, 0.25) is 0 Å². The molecule has 67 heavy (non-hydrogen) atoms. The van der Waals surface area contributed by atoms with Crippen LogP contribution in [0.2, 0.25) is 0 Å². The molecular formula is C56H64N4O7. The van der Waals surface area contributed by atoms with E-state index in [4.69, 9.17) is 4.98 Å². The molecule has 0 bridgehead atoms. The van der Waals surface area contributed by atoms with E-state index in [1.165, 1.54) is 68.0 Å². The SMILES string of the molecule is Oc1ccc(C=Cc2c(CCc3ccc(C4CC5(CCNC(O)C5)C5CC6CCCC67CCC68CCCC6C=CC(O)C8C7(c6cnc[nH]6)C5N4)cc3)c(O)c(O)c3c(O)cccc23)cc1O. The average molecular weight is 905 g/mol. The number of fused-ring (bicyclic) bond motifs is 5. The summed E-state index contributed by atoms with van der Waals surface area (Å²) in [6.07, 6.45) is 25.1. The minimum atomic E-state index is -0.572. The molecule has 6 fully saturated rings. The highest BCUT2D eigenvalue weighted by Gasteiger charge is 2.78. The Morgan fingerprint density at radius 1 is 0.776 bits per heavy atom. The van der Waals surface area contributed by atoms with E-state index in [0.717, 1.165) is 44.2 Å². The molecule has 3 spiro atoms. The van der Waals surface area contributed by atoms with Gasteiger partial charge in [0.05, 0.1) is 17.8 Å². The van der Waals surface area contributed by atoms with Crippen molar-refractivity contribution in [3.05, 3.63) is 119 Å². The monoisotopic (exact) mass is 904 g/mol. The molecule has 4 saturated carbocycles. The van der Waals surface area contributed by atoms with Crippen LogP contribution < -0.4 is 10.6 Å². The summed E-state index contributed by atoms with van der Waals surface area (Å²) in [5, 5.41) is 86.5. The molecule has 10 N–H and O–H groups in total. The summed E-state index contributed by atoms with van der Waals surface area (Å²) < 4.78 is 0. The van der Waals surface area contributed by atoms with Gasteiger partial charge >= 0.3 is 0 Å². The molecule has 11 heteroatoms. The molecule has 5 aliphatic carbocycles. The maximum Gasteiger partial charge on any atom is 0.169 e. The maximum absolute atomic E-state index is 12.7. The van der Waals surface area contributed by atoms with Gasteiger partial charge < -0.3 is 46.0 Å². The number of phenolic OH excluding ortho intramolecular Hbond substituents is 5. The van der Waals surface area contributed by atoms with Crippen LogP contribution in [-0.2, 0) is 18.3 Å². The molecule has 3 heterocycles. The molecule has 1 aromatic heterocycles. The van der Waals surface area contributed by atoms with E-state index in [-0.39, 0.29) is 73.8 Å². The first kappa shape index (κ1) is 43.0. The third-order valence-electron chi connectivity index (χ3n) is 19.4. The zero-order chi connectivity index (χ0) is 45.9. The number of benzene rings is 4. The fourth-order valence-electron chi connectivity index (χ4n) is 16.9. The van der Waals surface area contributed by atoms with Gasteiger partial charge in [-0.15, -0.1) is 0 Å². The first-order chi connectivity index (χ1) is 32.5. The van der Waals surface area contributed by atoms with E-state index in [2.05, 4.69) is 58.2 Å². The van der Waals surface area contributed by atoms with E-state index in [1.54, 1.807) is 24.3 Å². The lowest BCUT2D eigenvalue weighted by Crippen LogP contribution is -2.78. The van der Waals surface area contributed by atoms with Crippen molar-refractivity contribution < 1.29 is 35.7 Å². The van der Waals surface area contributed by atoms with Gasteiger partial charge in [-0.1, -0.05) is 79.6 Å². The van der Waals surface area contributed by atoms with Crippen LogP contribution in [0.3, 0.4) is 0 Å². The second kappa shape index (κ2) is 15.9. The molecule has 12 rings (SSSR count). The van der Waals surface area contributed by atoms with Crippen LogP contribution in [0.15, 0.2) is 85.3 Å². The molecule has 2 aliphatic heterocycles. The standard InChI is InChI=1S/C56H64N4O7/c61-42-18-12-33(26-45(42)64)11-16-37-38-6-1-7-43(62)48(38)50(67)49(66)39(37)17-10-32-8-13-34(14-9-32)41-28-53(24-25-58-47(65)29-53)40-27-36-5-3-21-55(36)23-22-54-20-2-4-35(54)15-19-44(63)51(54)56(55,52(40)60-41)46-30-57-31-59-46/h1,6-9,11-16,18-19,26,30-31,35-36,40-41,44,47,51-52,58,60-67H,2-5,10,17,20-25,27-29H2,(H,57,59). The number of phenols is 5. The van der Waals surface area contributed by atoms with Gasteiger partial charge in [-0.25, -0.2) is 4.98 Å². The molecule has 350 valence electrons. The van der Waals surface area contributed by atoms with Gasteiger partial charge in [-0.05, 0) is 163 Å². The zero-order valence-electron chi connectivity index (χ0n) is 38.0. The molecule has 11 nitrogen and oxygen atoms in total. The number of nitrogens with one attached hydrogen (secondary N) is 3. The van der Waals surface area contributed by atoms with Gasteiger partial charge in [0.1, 0.15) is 12.0 Å². The summed E-state index contributed by atoms with van der Waals surface area (Å²) >= 11 is 0. The van der Waals surface area contributed by atoms with Crippen LogP contribution >= 0.6 is 0 Å². The van der Waals surface area contributed by atoms with E-state index >= 15 is 0 Å². The topological polar surface area (TPSA) is 194 Å². The van der Waals surface area contributed by atoms with Crippen molar-refractivity contribution >= 4 is 22.9 Å². The minimum Gasteiger partial charge on any atom is -0.507 e. The summed E-state index contributed by atoms with van der Waals surface area (Å²) in [5.41, 5.74) is 4.78. The lowest BCUT2D eigenvalue weighted by Gasteiger charge is -2.74. The van der Waals surface area contributed by atoms with Crippen molar-refractivity contribution in [3.63, 3.8) is 0 Å². The Labute approximate surface area is 391 Å². The molecular weight excluding hydrogens is 841 g/mol. The third-order valence-corrected chi connectivity index (χ3v) is 19.4. The largest absolute Gasteiger partial charge is 0.507 e. The number of nitrogens with zero attached hydrogens (tertiary/aromatic N) is 1. The van der Waals surface area contributed by atoms with Gasteiger partial charge in [0, 0.05) is 40.9 Å². The van der Waals surface area contributed by atoms with E-state index in [1.807, 2.05) is 12.4 Å². The molecule has 2 saturated heterocycles. The van der Waals surface area contributed by atoms with Crippen LogP contribution in [0.5, 0.6) is 28.7 Å². The number of allylic oxidation sites excluding steroid dienone is 1. The molecule has 0 amide bonds. The Kier molecular flexibility index (Phi) is 10.2. The highest BCUT2D eigenvalue weighted by molar-refractivity contribution is 6.03. The molecule has 12 atom stereocenters.